The van der Waals surface area contributed by atoms with Gasteiger partial charge >= 0.3 is 0 Å². The van der Waals surface area contributed by atoms with Crippen molar-refractivity contribution < 1.29 is 0 Å². The van der Waals surface area contributed by atoms with E-state index in [9.17, 15) is 0 Å². The lowest BCUT2D eigenvalue weighted by Gasteiger charge is -2.24. The van der Waals surface area contributed by atoms with Crippen molar-refractivity contribution in [1.29, 1.82) is 0 Å². The SMILES string of the molecule is C=C/C=C(\C=C/C)/C=C/c1ccc(N(CCCC)CCCC)cc1. The second-order valence-electron chi connectivity index (χ2n) is 6.02. The van der Waals surface area contributed by atoms with Gasteiger partial charge in [0, 0.05) is 18.8 Å². The van der Waals surface area contributed by atoms with Gasteiger partial charge in [-0.1, -0.05) is 81.9 Å². The van der Waals surface area contributed by atoms with Crippen LogP contribution < -0.4 is 4.90 Å². The molecule has 0 N–H and O–H groups in total. The zero-order valence-electron chi connectivity index (χ0n) is 15.7. The van der Waals surface area contributed by atoms with Gasteiger partial charge in [0.25, 0.3) is 0 Å². The summed E-state index contributed by atoms with van der Waals surface area (Å²) in [6.45, 7) is 12.6. The Morgan fingerprint density at radius 1 is 1.00 bits per heavy atom. The molecule has 0 spiro atoms. The third-order valence-electron chi connectivity index (χ3n) is 3.96. The second-order valence-corrected chi connectivity index (χ2v) is 6.02. The van der Waals surface area contributed by atoms with Crippen LogP contribution in [0.25, 0.3) is 6.08 Å². The molecular formula is C23H33N. The molecular weight excluding hydrogens is 290 g/mol. The largest absolute Gasteiger partial charge is 0.372 e. The van der Waals surface area contributed by atoms with E-state index in [1.165, 1.54) is 36.9 Å². The summed E-state index contributed by atoms with van der Waals surface area (Å²) in [5.41, 5.74) is 3.72. The minimum absolute atomic E-state index is 1.15. The first-order chi connectivity index (χ1) is 11.7. The van der Waals surface area contributed by atoms with Crippen LogP contribution in [-0.2, 0) is 0 Å². The van der Waals surface area contributed by atoms with E-state index in [4.69, 9.17) is 0 Å². The van der Waals surface area contributed by atoms with Crippen LogP contribution in [0, 0.1) is 0 Å². The molecule has 0 atom stereocenters. The first kappa shape index (κ1) is 20.0. The molecule has 0 heterocycles. The molecule has 1 nitrogen and oxygen atoms in total. The molecule has 0 aliphatic rings. The van der Waals surface area contributed by atoms with Crippen molar-refractivity contribution in [3.8, 4) is 0 Å². The zero-order valence-corrected chi connectivity index (χ0v) is 15.7. The van der Waals surface area contributed by atoms with E-state index >= 15 is 0 Å². The first-order valence-corrected chi connectivity index (χ1v) is 9.23. The maximum Gasteiger partial charge on any atom is 0.0366 e. The summed E-state index contributed by atoms with van der Waals surface area (Å²) in [5.74, 6) is 0. The number of rotatable bonds is 11. The molecule has 1 aromatic carbocycles. The minimum Gasteiger partial charge on any atom is -0.372 e. The van der Waals surface area contributed by atoms with E-state index in [1.54, 1.807) is 0 Å². The Labute approximate surface area is 149 Å². The van der Waals surface area contributed by atoms with Crippen molar-refractivity contribution in [1.82, 2.24) is 0 Å². The summed E-state index contributed by atoms with van der Waals surface area (Å²) in [5, 5.41) is 0. The van der Waals surface area contributed by atoms with Gasteiger partial charge in [-0.2, -0.15) is 0 Å². The molecule has 0 aromatic heterocycles. The van der Waals surface area contributed by atoms with Crippen molar-refractivity contribution in [2.24, 2.45) is 0 Å². The molecule has 0 amide bonds. The summed E-state index contributed by atoms with van der Waals surface area (Å²) in [6, 6.07) is 8.91. The van der Waals surface area contributed by atoms with Crippen molar-refractivity contribution in [3.05, 3.63) is 72.4 Å². The summed E-state index contributed by atoms with van der Waals surface area (Å²) in [7, 11) is 0. The predicted octanol–water partition coefficient (Wildman–Crippen LogP) is 6.79. The Bertz CT molecular complexity index is 538. The van der Waals surface area contributed by atoms with Crippen molar-refractivity contribution in [2.45, 2.75) is 46.5 Å². The third-order valence-corrected chi connectivity index (χ3v) is 3.96. The monoisotopic (exact) mass is 323 g/mol. The molecule has 1 heteroatoms. The predicted molar refractivity (Wildman–Crippen MR) is 111 cm³/mol. The maximum absolute atomic E-state index is 3.77. The number of unbranched alkanes of at least 4 members (excludes halogenated alkanes) is 2. The number of nitrogens with zero attached hydrogens (tertiary/aromatic N) is 1. The fraction of sp³-hybridized carbons (Fsp3) is 0.391. The van der Waals surface area contributed by atoms with Gasteiger partial charge in [-0.15, -0.1) is 0 Å². The first-order valence-electron chi connectivity index (χ1n) is 9.23. The molecule has 0 radical (unpaired) electrons. The van der Waals surface area contributed by atoms with E-state index in [2.05, 4.69) is 67.8 Å². The fourth-order valence-electron chi connectivity index (χ4n) is 2.55. The lowest BCUT2D eigenvalue weighted by Crippen LogP contribution is -2.25. The van der Waals surface area contributed by atoms with Gasteiger partial charge in [-0.25, -0.2) is 0 Å². The summed E-state index contributed by atoms with van der Waals surface area (Å²) >= 11 is 0. The van der Waals surface area contributed by atoms with Gasteiger partial charge < -0.3 is 4.90 Å². The highest BCUT2D eigenvalue weighted by Gasteiger charge is 2.05. The number of hydrogen-bond acceptors (Lipinski definition) is 1. The Morgan fingerprint density at radius 2 is 1.62 bits per heavy atom. The van der Waals surface area contributed by atoms with Crippen LogP contribution in [0.1, 0.15) is 52.0 Å². The van der Waals surface area contributed by atoms with Crippen molar-refractivity contribution in [3.63, 3.8) is 0 Å². The molecule has 0 saturated heterocycles. The summed E-state index contributed by atoms with van der Waals surface area (Å²) in [6.07, 6.45) is 17.2. The van der Waals surface area contributed by atoms with E-state index in [-0.39, 0.29) is 0 Å². The van der Waals surface area contributed by atoms with Gasteiger partial charge in [0.15, 0.2) is 0 Å². The Kier molecular flexibility index (Phi) is 10.4. The normalized spacial score (nSPS) is 12.2. The van der Waals surface area contributed by atoms with Crippen LogP contribution in [0.4, 0.5) is 5.69 Å². The van der Waals surface area contributed by atoms with Gasteiger partial charge in [0.1, 0.15) is 0 Å². The molecule has 0 aliphatic carbocycles. The zero-order chi connectivity index (χ0) is 17.6. The topological polar surface area (TPSA) is 3.24 Å². The Morgan fingerprint density at radius 3 is 2.12 bits per heavy atom. The van der Waals surface area contributed by atoms with Crippen LogP contribution in [0.5, 0.6) is 0 Å². The molecule has 0 bridgehead atoms. The minimum atomic E-state index is 1.15. The van der Waals surface area contributed by atoms with Gasteiger partial charge in [0.2, 0.25) is 0 Å². The highest BCUT2D eigenvalue weighted by Crippen LogP contribution is 2.18. The lowest BCUT2D eigenvalue weighted by molar-refractivity contribution is 0.678. The Hall–Kier alpha value is -2.02. The van der Waals surface area contributed by atoms with E-state index in [0.29, 0.717) is 0 Å². The second kappa shape index (κ2) is 12.4. The number of allylic oxidation sites excluding steroid dienone is 6. The third kappa shape index (κ3) is 7.50. The van der Waals surface area contributed by atoms with E-state index in [0.717, 1.165) is 18.7 Å². The van der Waals surface area contributed by atoms with Crippen LogP contribution in [0.15, 0.2) is 66.8 Å². The fourth-order valence-corrected chi connectivity index (χ4v) is 2.55. The number of anilines is 1. The maximum atomic E-state index is 3.77. The molecule has 0 fully saturated rings. The highest BCUT2D eigenvalue weighted by atomic mass is 15.1. The Balaban J connectivity index is 2.81. The van der Waals surface area contributed by atoms with Crippen molar-refractivity contribution in [2.75, 3.05) is 18.0 Å². The van der Waals surface area contributed by atoms with Crippen LogP contribution in [-0.4, -0.2) is 13.1 Å². The number of hydrogen-bond donors (Lipinski definition) is 0. The molecule has 0 saturated carbocycles. The molecule has 24 heavy (non-hydrogen) atoms. The van der Waals surface area contributed by atoms with Gasteiger partial charge in [-0.05, 0) is 43.0 Å². The van der Waals surface area contributed by atoms with Gasteiger partial charge in [0.05, 0.1) is 0 Å². The van der Waals surface area contributed by atoms with Crippen molar-refractivity contribution >= 4 is 11.8 Å². The average molecular weight is 324 g/mol. The molecule has 0 aliphatic heterocycles. The van der Waals surface area contributed by atoms with Crippen LogP contribution in [0.2, 0.25) is 0 Å². The van der Waals surface area contributed by atoms with Gasteiger partial charge in [-0.3, -0.25) is 0 Å². The highest BCUT2D eigenvalue weighted by molar-refractivity contribution is 5.59. The average Bonchev–Trinajstić information content (AvgIpc) is 2.61. The smallest absolute Gasteiger partial charge is 0.0366 e. The standard InChI is InChI=1S/C23H33N/c1-5-9-19-24(20-10-6-2)23-17-15-22(16-18-23)14-13-21(11-7-3)12-8-4/h7-8,11-18H,3,5-6,9-10,19-20H2,1-2,4H3/b12-8-,14-13+,21-11+. The molecule has 0 unspecified atom stereocenters. The summed E-state index contributed by atoms with van der Waals surface area (Å²) < 4.78 is 0. The van der Waals surface area contributed by atoms with Crippen LogP contribution in [0.3, 0.4) is 0 Å². The van der Waals surface area contributed by atoms with Crippen LogP contribution >= 0.6 is 0 Å². The van der Waals surface area contributed by atoms with E-state index in [1.807, 2.05) is 25.2 Å². The summed E-state index contributed by atoms with van der Waals surface area (Å²) in [4.78, 5) is 2.52. The molecule has 1 rings (SSSR count). The quantitative estimate of drug-likeness (QED) is 0.405. The lowest BCUT2D eigenvalue weighted by atomic mass is 10.1. The molecule has 130 valence electrons. The number of benzene rings is 1. The molecule has 1 aromatic rings. The van der Waals surface area contributed by atoms with E-state index < -0.39 is 0 Å².